The molecule has 0 aliphatic carbocycles. The van der Waals surface area contributed by atoms with Gasteiger partial charge >= 0.3 is 0 Å². The summed E-state index contributed by atoms with van der Waals surface area (Å²) in [5.74, 6) is 1.12. The van der Waals surface area contributed by atoms with Crippen LogP contribution in [0.3, 0.4) is 0 Å². The van der Waals surface area contributed by atoms with Crippen LogP contribution in [0.4, 0.5) is 10.2 Å². The zero-order valence-corrected chi connectivity index (χ0v) is 22.1. The highest BCUT2D eigenvalue weighted by atomic mass is 19.1. The second-order valence-corrected chi connectivity index (χ2v) is 9.92. The monoisotopic (exact) mass is 524 g/mol. The van der Waals surface area contributed by atoms with E-state index < -0.39 is 0 Å². The van der Waals surface area contributed by atoms with Crippen LogP contribution in [-0.2, 0) is 12.8 Å². The average Bonchev–Trinajstić information content (AvgIpc) is 3.27. The Kier molecular flexibility index (Phi) is 8.58. The molecule has 6 nitrogen and oxygen atoms in total. The van der Waals surface area contributed by atoms with Crippen molar-refractivity contribution in [2.45, 2.75) is 44.6 Å². The van der Waals surface area contributed by atoms with Gasteiger partial charge in [0.15, 0.2) is 17.6 Å². The number of nitrogens with one attached hydrogen (secondary N) is 2. The largest absolute Gasteiger partial charge is 0.491 e. The third kappa shape index (κ3) is 6.49. The van der Waals surface area contributed by atoms with Crippen molar-refractivity contribution in [2.24, 2.45) is 5.73 Å². The molecule has 0 radical (unpaired) electrons. The Labute approximate surface area is 229 Å². The molecule has 39 heavy (non-hydrogen) atoms. The molecule has 0 bridgehead atoms. The van der Waals surface area contributed by atoms with Gasteiger partial charge in [-0.1, -0.05) is 79.6 Å². The molecular weight excluding hydrogens is 489 g/mol. The van der Waals surface area contributed by atoms with Gasteiger partial charge in [-0.25, -0.2) is 13.9 Å². The van der Waals surface area contributed by atoms with Crippen LogP contribution in [0.15, 0.2) is 85.1 Å². The molecule has 5 rings (SSSR count). The van der Waals surface area contributed by atoms with E-state index in [2.05, 4.69) is 17.4 Å². The highest BCUT2D eigenvalue weighted by Crippen LogP contribution is 2.26. The minimum atomic E-state index is -0.373. The topological polar surface area (TPSA) is 87.9 Å². The SMILES string of the molecule is N=C1C(Cc2ccc(OCCCCCCN)c(F)c2)Nc2c(Cc3ccccc3)nc(-c3ccccc3)c[n+]21. The van der Waals surface area contributed by atoms with Crippen LogP contribution >= 0.6 is 0 Å². The molecule has 0 saturated carbocycles. The first-order chi connectivity index (χ1) is 19.1. The zero-order chi connectivity index (χ0) is 27.0. The van der Waals surface area contributed by atoms with E-state index in [1.807, 2.05) is 65.4 Å². The second kappa shape index (κ2) is 12.6. The van der Waals surface area contributed by atoms with Gasteiger partial charge in [0, 0.05) is 18.4 Å². The van der Waals surface area contributed by atoms with Crippen LogP contribution in [-0.4, -0.2) is 30.0 Å². The summed E-state index contributed by atoms with van der Waals surface area (Å²) in [5, 5.41) is 12.5. The molecule has 0 fully saturated rings. The minimum absolute atomic E-state index is 0.270. The molecule has 1 unspecified atom stereocenters. The van der Waals surface area contributed by atoms with Crippen LogP contribution in [0.5, 0.6) is 5.75 Å². The van der Waals surface area contributed by atoms with Crippen LogP contribution in [0.1, 0.15) is 42.5 Å². The lowest BCUT2D eigenvalue weighted by molar-refractivity contribution is -0.536. The Balaban J connectivity index is 1.33. The van der Waals surface area contributed by atoms with Crippen LogP contribution in [0.25, 0.3) is 11.3 Å². The molecule has 0 amide bonds. The summed E-state index contributed by atoms with van der Waals surface area (Å²) in [7, 11) is 0. The Morgan fingerprint density at radius 1 is 0.923 bits per heavy atom. The summed E-state index contributed by atoms with van der Waals surface area (Å²) in [4.78, 5) is 5.00. The fraction of sp³-hybridized carbons (Fsp3) is 0.281. The molecule has 2 heterocycles. The number of nitrogens with two attached hydrogens (primary N) is 1. The number of fused-ring (bicyclic) bond motifs is 1. The third-order valence-electron chi connectivity index (χ3n) is 7.00. The molecule has 1 aliphatic rings. The molecule has 1 aromatic heterocycles. The van der Waals surface area contributed by atoms with Gasteiger partial charge in [0.2, 0.25) is 5.82 Å². The highest BCUT2D eigenvalue weighted by Gasteiger charge is 2.37. The predicted octanol–water partition coefficient (Wildman–Crippen LogP) is 5.53. The smallest absolute Gasteiger partial charge is 0.272 e. The maximum Gasteiger partial charge on any atom is 0.272 e. The number of hydrogen-bond donors (Lipinski definition) is 3. The van der Waals surface area contributed by atoms with Crippen LogP contribution < -0.4 is 20.4 Å². The normalized spacial score (nSPS) is 14.2. The maximum atomic E-state index is 14.8. The number of benzene rings is 3. The van der Waals surface area contributed by atoms with Crippen molar-refractivity contribution >= 4 is 11.7 Å². The summed E-state index contributed by atoms with van der Waals surface area (Å²) in [6.45, 7) is 1.19. The molecule has 3 aromatic carbocycles. The first-order valence-electron chi connectivity index (χ1n) is 13.6. The summed E-state index contributed by atoms with van der Waals surface area (Å²) in [6, 6.07) is 25.0. The van der Waals surface area contributed by atoms with Gasteiger partial charge in [-0.2, -0.15) is 5.41 Å². The molecule has 0 spiro atoms. The first kappa shape index (κ1) is 26.5. The number of anilines is 1. The van der Waals surface area contributed by atoms with Gasteiger partial charge in [-0.3, -0.25) is 5.32 Å². The summed E-state index contributed by atoms with van der Waals surface area (Å²) in [6.07, 6.45) is 7.00. The van der Waals surface area contributed by atoms with E-state index in [1.54, 1.807) is 6.07 Å². The van der Waals surface area contributed by atoms with E-state index in [0.29, 0.717) is 31.8 Å². The number of unbranched alkanes of at least 4 members (excludes halogenated alkanes) is 3. The van der Waals surface area contributed by atoms with Crippen molar-refractivity contribution < 1.29 is 13.7 Å². The van der Waals surface area contributed by atoms with Gasteiger partial charge in [0.25, 0.3) is 5.84 Å². The van der Waals surface area contributed by atoms with Gasteiger partial charge < -0.3 is 10.5 Å². The average molecular weight is 525 g/mol. The van der Waals surface area contributed by atoms with Crippen molar-refractivity contribution in [3.05, 3.63) is 108 Å². The lowest BCUT2D eigenvalue weighted by atomic mass is 10.1. The number of rotatable bonds is 12. The number of ether oxygens (including phenoxy) is 1. The van der Waals surface area contributed by atoms with E-state index >= 15 is 0 Å². The van der Waals surface area contributed by atoms with E-state index in [-0.39, 0.29) is 17.6 Å². The first-order valence-corrected chi connectivity index (χ1v) is 13.6. The van der Waals surface area contributed by atoms with E-state index in [1.165, 1.54) is 6.07 Å². The molecule has 4 aromatic rings. The van der Waals surface area contributed by atoms with Crippen molar-refractivity contribution in [3.63, 3.8) is 0 Å². The van der Waals surface area contributed by atoms with Gasteiger partial charge in [0.05, 0.1) is 12.8 Å². The van der Waals surface area contributed by atoms with Crippen molar-refractivity contribution in [1.82, 2.24) is 4.98 Å². The van der Waals surface area contributed by atoms with Crippen LogP contribution in [0, 0.1) is 11.2 Å². The number of hydrogen-bond acceptors (Lipinski definition) is 5. The molecule has 1 aliphatic heterocycles. The Morgan fingerprint density at radius 2 is 1.67 bits per heavy atom. The summed E-state index contributed by atoms with van der Waals surface area (Å²) >= 11 is 0. The van der Waals surface area contributed by atoms with Crippen LogP contribution in [0.2, 0.25) is 0 Å². The highest BCUT2D eigenvalue weighted by molar-refractivity contribution is 5.84. The van der Waals surface area contributed by atoms with E-state index in [9.17, 15) is 4.39 Å². The van der Waals surface area contributed by atoms with E-state index in [0.717, 1.165) is 59.6 Å². The standard InChI is InChI=1S/C32H34FN5O/c33-26-19-24(15-16-30(26)39-18-10-2-1-9-17-34)21-27-31(35)38-22-29(25-13-7-4-8-14-25)36-28(32(38)37-27)20-23-11-5-3-6-12-23/h3-8,11-16,19,22,27,35H,1-2,9-10,17-18,20-21,34H2/p+1. The Hall–Kier alpha value is -4.10. The molecular formula is C32H35FN5O+. The van der Waals surface area contributed by atoms with E-state index in [4.69, 9.17) is 20.9 Å². The fourth-order valence-electron chi connectivity index (χ4n) is 4.91. The Bertz CT molecular complexity index is 1410. The maximum absolute atomic E-state index is 14.8. The molecule has 0 saturated heterocycles. The van der Waals surface area contributed by atoms with Crippen molar-refractivity contribution in [1.29, 1.82) is 5.41 Å². The second-order valence-electron chi connectivity index (χ2n) is 9.92. The number of nitrogens with zero attached hydrogens (tertiary/aromatic N) is 2. The molecule has 200 valence electrons. The Morgan fingerprint density at radius 3 is 2.41 bits per heavy atom. The predicted molar refractivity (Wildman–Crippen MR) is 153 cm³/mol. The molecule has 4 N–H and O–H groups in total. The van der Waals surface area contributed by atoms with Gasteiger partial charge in [-0.05, 0) is 42.6 Å². The number of aromatic nitrogens is 2. The quantitative estimate of drug-likeness (QED) is 0.168. The zero-order valence-electron chi connectivity index (χ0n) is 22.1. The fourth-order valence-corrected chi connectivity index (χ4v) is 4.91. The lowest BCUT2D eigenvalue weighted by Gasteiger charge is -2.10. The minimum Gasteiger partial charge on any atom is -0.491 e. The van der Waals surface area contributed by atoms with Gasteiger partial charge in [-0.15, -0.1) is 0 Å². The lowest BCUT2D eigenvalue weighted by Crippen LogP contribution is -2.44. The molecule has 1 atom stereocenters. The summed E-state index contributed by atoms with van der Waals surface area (Å²) in [5.41, 5.74) is 10.2. The van der Waals surface area contributed by atoms with Crippen molar-refractivity contribution in [2.75, 3.05) is 18.5 Å². The van der Waals surface area contributed by atoms with Crippen molar-refractivity contribution in [3.8, 4) is 17.0 Å². The molecule has 7 heteroatoms. The van der Waals surface area contributed by atoms with Gasteiger partial charge in [0.1, 0.15) is 11.4 Å². The summed E-state index contributed by atoms with van der Waals surface area (Å²) < 4.78 is 22.4. The number of halogens is 1. The third-order valence-corrected chi connectivity index (χ3v) is 7.00.